The Bertz CT molecular complexity index is 836. The summed E-state index contributed by atoms with van der Waals surface area (Å²) >= 11 is 5.82. The Morgan fingerprint density at radius 1 is 1.12 bits per heavy atom. The van der Waals surface area contributed by atoms with Gasteiger partial charge in [0.15, 0.2) is 5.76 Å². The molecule has 2 aromatic rings. The largest absolute Gasteiger partial charge is 0.438 e. The number of halogens is 1. The molecular weight excluding hydrogens is 364 g/mol. The second-order valence-corrected chi connectivity index (χ2v) is 8.66. The standard InChI is InChI=1S/C17H21ClN2O4S/c1-17(2,3)20-25(22,23)15-9-8-14(24-15)16(21)19-11-10-12-4-6-13(18)7-5-12/h4-9,20H,10-11H2,1-3H3,(H,19,21). The average molecular weight is 385 g/mol. The Hall–Kier alpha value is -1.83. The van der Waals surface area contributed by atoms with Crippen LogP contribution in [0.25, 0.3) is 0 Å². The van der Waals surface area contributed by atoms with Gasteiger partial charge in [0, 0.05) is 17.1 Å². The smallest absolute Gasteiger partial charge is 0.287 e. The molecule has 1 aromatic heterocycles. The van der Waals surface area contributed by atoms with Gasteiger partial charge < -0.3 is 9.73 Å². The van der Waals surface area contributed by atoms with E-state index in [0.29, 0.717) is 18.0 Å². The van der Waals surface area contributed by atoms with Crippen molar-refractivity contribution >= 4 is 27.5 Å². The van der Waals surface area contributed by atoms with Crippen molar-refractivity contribution in [2.24, 2.45) is 0 Å². The third kappa shape index (κ3) is 5.88. The van der Waals surface area contributed by atoms with Crippen LogP contribution in [-0.4, -0.2) is 26.4 Å². The van der Waals surface area contributed by atoms with Crippen molar-refractivity contribution in [1.29, 1.82) is 0 Å². The molecule has 0 unspecified atom stereocenters. The summed E-state index contributed by atoms with van der Waals surface area (Å²) in [5, 5.41) is 3.06. The molecule has 0 saturated heterocycles. The van der Waals surface area contributed by atoms with Gasteiger partial charge >= 0.3 is 0 Å². The zero-order valence-corrected chi connectivity index (χ0v) is 15.9. The molecule has 0 fully saturated rings. The number of benzene rings is 1. The quantitative estimate of drug-likeness (QED) is 0.801. The molecule has 8 heteroatoms. The molecule has 0 spiro atoms. The summed E-state index contributed by atoms with van der Waals surface area (Å²) in [4.78, 5) is 12.1. The Kier molecular flexibility index (Phi) is 5.92. The van der Waals surface area contributed by atoms with Gasteiger partial charge in [0.2, 0.25) is 5.09 Å². The summed E-state index contributed by atoms with van der Waals surface area (Å²) in [5.41, 5.74) is 0.383. The fourth-order valence-electron chi connectivity index (χ4n) is 2.10. The average Bonchev–Trinajstić information content (AvgIpc) is 2.97. The van der Waals surface area contributed by atoms with Gasteiger partial charge in [-0.3, -0.25) is 4.79 Å². The number of rotatable bonds is 6. The van der Waals surface area contributed by atoms with E-state index in [9.17, 15) is 13.2 Å². The fraction of sp³-hybridized carbons (Fsp3) is 0.353. The van der Waals surface area contributed by atoms with Crippen LogP contribution in [0.3, 0.4) is 0 Å². The van der Waals surface area contributed by atoms with Crippen LogP contribution in [0.5, 0.6) is 0 Å². The van der Waals surface area contributed by atoms with E-state index in [1.807, 2.05) is 12.1 Å². The maximum Gasteiger partial charge on any atom is 0.287 e. The van der Waals surface area contributed by atoms with E-state index < -0.39 is 21.5 Å². The van der Waals surface area contributed by atoms with Crippen molar-refractivity contribution in [3.63, 3.8) is 0 Å². The lowest BCUT2D eigenvalue weighted by Crippen LogP contribution is -2.40. The summed E-state index contributed by atoms with van der Waals surface area (Å²) in [7, 11) is -3.81. The van der Waals surface area contributed by atoms with Crippen LogP contribution in [0, 0.1) is 0 Å². The molecule has 1 heterocycles. The highest BCUT2D eigenvalue weighted by Crippen LogP contribution is 2.16. The predicted molar refractivity (Wildman–Crippen MR) is 96.3 cm³/mol. The van der Waals surface area contributed by atoms with Gasteiger partial charge in [-0.05, 0) is 57.0 Å². The summed E-state index contributed by atoms with van der Waals surface area (Å²) in [5.74, 6) is -0.517. The highest BCUT2D eigenvalue weighted by atomic mass is 35.5. The van der Waals surface area contributed by atoms with Crippen molar-refractivity contribution in [2.45, 2.75) is 37.8 Å². The Balaban J connectivity index is 1.95. The highest BCUT2D eigenvalue weighted by Gasteiger charge is 2.26. The van der Waals surface area contributed by atoms with Gasteiger partial charge in [-0.15, -0.1) is 0 Å². The minimum Gasteiger partial charge on any atom is -0.438 e. The molecule has 2 rings (SSSR count). The van der Waals surface area contributed by atoms with Crippen molar-refractivity contribution in [3.05, 3.63) is 52.7 Å². The van der Waals surface area contributed by atoms with Gasteiger partial charge in [0.1, 0.15) is 0 Å². The molecule has 0 aliphatic rings. The molecule has 25 heavy (non-hydrogen) atoms. The van der Waals surface area contributed by atoms with Gasteiger partial charge in [0.25, 0.3) is 15.9 Å². The van der Waals surface area contributed by atoms with Gasteiger partial charge in [-0.1, -0.05) is 23.7 Å². The topological polar surface area (TPSA) is 88.4 Å². The summed E-state index contributed by atoms with van der Waals surface area (Å²) in [6, 6.07) is 9.93. The fourth-order valence-corrected chi connectivity index (χ4v) is 3.58. The minimum absolute atomic E-state index is 0.0506. The molecule has 0 saturated carbocycles. The number of nitrogens with one attached hydrogen (secondary N) is 2. The van der Waals surface area contributed by atoms with E-state index in [1.165, 1.54) is 12.1 Å². The van der Waals surface area contributed by atoms with Crippen LogP contribution in [0.4, 0.5) is 0 Å². The van der Waals surface area contributed by atoms with Crippen LogP contribution in [-0.2, 0) is 16.4 Å². The van der Waals surface area contributed by atoms with E-state index in [2.05, 4.69) is 10.0 Å². The molecule has 0 aliphatic heterocycles. The predicted octanol–water partition coefficient (Wildman–Crippen LogP) is 2.98. The highest BCUT2D eigenvalue weighted by molar-refractivity contribution is 7.89. The molecule has 0 aliphatic carbocycles. The van der Waals surface area contributed by atoms with Gasteiger partial charge in [-0.25, -0.2) is 13.1 Å². The molecule has 1 aromatic carbocycles. The zero-order valence-electron chi connectivity index (χ0n) is 14.3. The maximum absolute atomic E-state index is 12.2. The first-order valence-electron chi connectivity index (χ1n) is 7.73. The van der Waals surface area contributed by atoms with Gasteiger partial charge in [-0.2, -0.15) is 0 Å². The SMILES string of the molecule is CC(C)(C)NS(=O)(=O)c1ccc(C(=O)NCCc2ccc(Cl)cc2)o1. The van der Waals surface area contributed by atoms with E-state index in [4.69, 9.17) is 16.0 Å². The minimum atomic E-state index is -3.81. The second kappa shape index (κ2) is 7.59. The monoisotopic (exact) mass is 384 g/mol. The number of hydrogen-bond donors (Lipinski definition) is 2. The zero-order chi connectivity index (χ0) is 18.7. The Morgan fingerprint density at radius 3 is 2.36 bits per heavy atom. The molecule has 1 amide bonds. The van der Waals surface area contributed by atoms with Crippen molar-refractivity contribution in [3.8, 4) is 0 Å². The number of sulfonamides is 1. The molecule has 0 bridgehead atoms. The molecule has 0 radical (unpaired) electrons. The van der Waals surface area contributed by atoms with Crippen LogP contribution >= 0.6 is 11.6 Å². The number of amides is 1. The first kappa shape index (κ1) is 19.5. The Labute approximate surface area is 152 Å². The molecular formula is C17H21ClN2O4S. The second-order valence-electron chi connectivity index (χ2n) is 6.61. The summed E-state index contributed by atoms with van der Waals surface area (Å²) in [6.45, 7) is 5.55. The van der Waals surface area contributed by atoms with Crippen LogP contribution < -0.4 is 10.0 Å². The molecule has 136 valence electrons. The number of carbonyl (C=O) groups excluding carboxylic acids is 1. The van der Waals surface area contributed by atoms with E-state index in [0.717, 1.165) is 5.56 Å². The lowest BCUT2D eigenvalue weighted by molar-refractivity contribution is 0.0921. The third-order valence-electron chi connectivity index (χ3n) is 3.12. The Morgan fingerprint density at radius 2 is 1.76 bits per heavy atom. The normalized spacial score (nSPS) is 12.2. The molecule has 2 N–H and O–H groups in total. The van der Waals surface area contributed by atoms with E-state index in [1.54, 1.807) is 32.9 Å². The van der Waals surface area contributed by atoms with E-state index >= 15 is 0 Å². The van der Waals surface area contributed by atoms with Gasteiger partial charge in [0.05, 0.1) is 0 Å². The van der Waals surface area contributed by atoms with Crippen molar-refractivity contribution < 1.29 is 17.6 Å². The third-order valence-corrected chi connectivity index (χ3v) is 5.01. The first-order chi connectivity index (χ1) is 11.6. The number of furan rings is 1. The maximum atomic E-state index is 12.2. The number of carbonyl (C=O) groups is 1. The van der Waals surface area contributed by atoms with Crippen molar-refractivity contribution in [2.75, 3.05) is 6.54 Å². The van der Waals surface area contributed by atoms with E-state index in [-0.39, 0.29) is 10.9 Å². The van der Waals surface area contributed by atoms with Crippen LogP contribution in [0.2, 0.25) is 5.02 Å². The van der Waals surface area contributed by atoms with Crippen LogP contribution in [0.1, 0.15) is 36.9 Å². The van der Waals surface area contributed by atoms with Crippen molar-refractivity contribution in [1.82, 2.24) is 10.0 Å². The van der Waals surface area contributed by atoms with Crippen LogP contribution in [0.15, 0.2) is 45.9 Å². The first-order valence-corrected chi connectivity index (χ1v) is 9.59. The molecule has 6 nitrogen and oxygen atoms in total. The molecule has 0 atom stereocenters. The lowest BCUT2D eigenvalue weighted by atomic mass is 10.1. The summed E-state index contributed by atoms with van der Waals surface area (Å²) < 4.78 is 32.0. The number of hydrogen-bond acceptors (Lipinski definition) is 4. The lowest BCUT2D eigenvalue weighted by Gasteiger charge is -2.18. The summed E-state index contributed by atoms with van der Waals surface area (Å²) in [6.07, 6.45) is 0.625.